The smallest absolute Gasteiger partial charge is 0.305 e. The molecule has 6 heteroatoms. The predicted molar refractivity (Wildman–Crippen MR) is 70.1 cm³/mol. The van der Waals surface area contributed by atoms with E-state index in [0.717, 1.165) is 23.8 Å². The molecule has 0 unspecified atom stereocenters. The second-order valence-corrected chi connectivity index (χ2v) is 4.19. The number of hydrogen-bond donors (Lipinski definition) is 2. The first-order valence-electron chi connectivity index (χ1n) is 5.75. The molecule has 0 atom stereocenters. The van der Waals surface area contributed by atoms with Crippen LogP contribution >= 0.6 is 0 Å². The van der Waals surface area contributed by atoms with Gasteiger partial charge in [-0.05, 0) is 36.8 Å². The molecule has 3 nitrogen and oxygen atoms in total. The van der Waals surface area contributed by atoms with E-state index in [9.17, 15) is 18.0 Å². The lowest BCUT2D eigenvalue weighted by Crippen LogP contribution is -2.21. The Labute approximate surface area is 113 Å². The molecule has 0 heterocycles. The number of urea groups is 1. The fraction of sp³-hybridized carbons (Fsp3) is 0.0714. The van der Waals surface area contributed by atoms with E-state index in [0.29, 0.717) is 0 Å². The van der Waals surface area contributed by atoms with Crippen LogP contribution < -0.4 is 10.6 Å². The van der Waals surface area contributed by atoms with Gasteiger partial charge in [0.05, 0.1) is 11.4 Å². The summed E-state index contributed by atoms with van der Waals surface area (Å²) in [5, 5.41) is 4.35. The van der Waals surface area contributed by atoms with Crippen molar-refractivity contribution in [3.8, 4) is 0 Å². The lowest BCUT2D eigenvalue weighted by atomic mass is 10.2. The SMILES string of the molecule is Cc1ccc(F)c(NC(=O)Nc2cc(F)ccc2F)c1. The summed E-state index contributed by atoms with van der Waals surface area (Å²) in [4.78, 5) is 11.6. The van der Waals surface area contributed by atoms with Gasteiger partial charge in [0, 0.05) is 6.07 Å². The molecule has 2 aromatic carbocycles. The summed E-state index contributed by atoms with van der Waals surface area (Å²) in [6.45, 7) is 1.73. The lowest BCUT2D eigenvalue weighted by molar-refractivity contribution is 0.262. The maximum Gasteiger partial charge on any atom is 0.323 e. The zero-order valence-electron chi connectivity index (χ0n) is 10.5. The van der Waals surface area contributed by atoms with Gasteiger partial charge in [-0.2, -0.15) is 0 Å². The van der Waals surface area contributed by atoms with Crippen molar-refractivity contribution in [2.45, 2.75) is 6.92 Å². The third kappa shape index (κ3) is 3.28. The Morgan fingerprint density at radius 1 is 0.900 bits per heavy atom. The standard InChI is InChI=1S/C14H11F3N2O/c1-8-2-4-10(16)12(6-8)18-14(20)19-13-7-9(15)3-5-11(13)17/h2-7H,1H3,(H2,18,19,20). The number of anilines is 2. The summed E-state index contributed by atoms with van der Waals surface area (Å²) >= 11 is 0. The number of rotatable bonds is 2. The second-order valence-electron chi connectivity index (χ2n) is 4.19. The van der Waals surface area contributed by atoms with Crippen LogP contribution in [0.5, 0.6) is 0 Å². The molecule has 0 spiro atoms. The van der Waals surface area contributed by atoms with E-state index in [1.807, 2.05) is 0 Å². The molecule has 0 aliphatic carbocycles. The van der Waals surface area contributed by atoms with Crippen molar-refractivity contribution in [1.82, 2.24) is 0 Å². The molecule has 0 saturated carbocycles. The van der Waals surface area contributed by atoms with Crippen LogP contribution in [0.4, 0.5) is 29.3 Å². The van der Waals surface area contributed by atoms with Crippen LogP contribution in [0.15, 0.2) is 36.4 Å². The molecule has 20 heavy (non-hydrogen) atoms. The summed E-state index contributed by atoms with van der Waals surface area (Å²) < 4.78 is 39.7. The van der Waals surface area contributed by atoms with Gasteiger partial charge in [-0.25, -0.2) is 18.0 Å². The summed E-state index contributed by atoms with van der Waals surface area (Å²) in [6.07, 6.45) is 0. The summed E-state index contributed by atoms with van der Waals surface area (Å²) in [5.41, 5.74) is 0.383. The van der Waals surface area contributed by atoms with E-state index in [1.54, 1.807) is 13.0 Å². The van der Waals surface area contributed by atoms with Crippen LogP contribution in [-0.2, 0) is 0 Å². The Morgan fingerprint density at radius 2 is 1.45 bits per heavy atom. The summed E-state index contributed by atoms with van der Waals surface area (Å²) in [6, 6.07) is 5.96. The molecule has 0 bridgehead atoms. The van der Waals surface area contributed by atoms with Crippen LogP contribution in [0, 0.1) is 24.4 Å². The topological polar surface area (TPSA) is 41.1 Å². The zero-order valence-corrected chi connectivity index (χ0v) is 10.5. The van der Waals surface area contributed by atoms with Gasteiger partial charge in [0.1, 0.15) is 17.5 Å². The zero-order chi connectivity index (χ0) is 14.7. The van der Waals surface area contributed by atoms with Crippen LogP contribution in [0.25, 0.3) is 0 Å². The maximum atomic E-state index is 13.4. The number of hydrogen-bond acceptors (Lipinski definition) is 1. The molecule has 0 radical (unpaired) electrons. The van der Waals surface area contributed by atoms with Crippen molar-refractivity contribution in [2.75, 3.05) is 10.6 Å². The third-order valence-electron chi connectivity index (χ3n) is 2.55. The predicted octanol–water partition coefficient (Wildman–Crippen LogP) is 4.06. The molecule has 0 aromatic heterocycles. The number of aryl methyl sites for hydroxylation is 1. The maximum absolute atomic E-state index is 13.4. The van der Waals surface area contributed by atoms with Crippen molar-refractivity contribution in [3.63, 3.8) is 0 Å². The first kappa shape index (κ1) is 13.9. The van der Waals surface area contributed by atoms with Crippen LogP contribution in [-0.4, -0.2) is 6.03 Å². The van der Waals surface area contributed by atoms with Crippen molar-refractivity contribution in [3.05, 3.63) is 59.4 Å². The molecular weight excluding hydrogens is 269 g/mol. The molecule has 0 aliphatic rings. The largest absolute Gasteiger partial charge is 0.323 e. The van der Waals surface area contributed by atoms with Gasteiger partial charge < -0.3 is 10.6 Å². The molecule has 2 N–H and O–H groups in total. The Morgan fingerprint density at radius 3 is 2.10 bits per heavy atom. The minimum absolute atomic E-state index is 0.0423. The van der Waals surface area contributed by atoms with Crippen molar-refractivity contribution in [1.29, 1.82) is 0 Å². The highest BCUT2D eigenvalue weighted by Crippen LogP contribution is 2.18. The highest BCUT2D eigenvalue weighted by atomic mass is 19.1. The van der Waals surface area contributed by atoms with Gasteiger partial charge in [-0.3, -0.25) is 0 Å². The number of amides is 2. The van der Waals surface area contributed by atoms with Gasteiger partial charge in [-0.1, -0.05) is 6.07 Å². The van der Waals surface area contributed by atoms with Crippen molar-refractivity contribution >= 4 is 17.4 Å². The second kappa shape index (κ2) is 5.64. The molecular formula is C14H11F3N2O. The van der Waals surface area contributed by atoms with E-state index in [2.05, 4.69) is 10.6 Å². The average molecular weight is 280 g/mol. The summed E-state index contributed by atoms with van der Waals surface area (Å²) in [5.74, 6) is -2.10. The average Bonchev–Trinajstić information content (AvgIpc) is 2.38. The van der Waals surface area contributed by atoms with Crippen LogP contribution in [0.3, 0.4) is 0 Å². The van der Waals surface area contributed by atoms with Gasteiger partial charge >= 0.3 is 6.03 Å². The molecule has 2 aromatic rings. The first-order valence-corrected chi connectivity index (χ1v) is 5.75. The quantitative estimate of drug-likeness (QED) is 0.855. The minimum Gasteiger partial charge on any atom is -0.305 e. The molecule has 0 saturated heterocycles. The van der Waals surface area contributed by atoms with E-state index in [-0.39, 0.29) is 11.4 Å². The molecule has 0 fully saturated rings. The van der Waals surface area contributed by atoms with Crippen LogP contribution in [0.2, 0.25) is 0 Å². The highest BCUT2D eigenvalue weighted by molar-refractivity contribution is 5.99. The van der Waals surface area contributed by atoms with Gasteiger partial charge in [0.25, 0.3) is 0 Å². The normalized spacial score (nSPS) is 10.2. The third-order valence-corrected chi connectivity index (χ3v) is 2.55. The van der Waals surface area contributed by atoms with E-state index in [1.165, 1.54) is 12.1 Å². The fourth-order valence-electron chi connectivity index (χ4n) is 1.60. The van der Waals surface area contributed by atoms with Gasteiger partial charge in [0.2, 0.25) is 0 Å². The summed E-state index contributed by atoms with van der Waals surface area (Å²) in [7, 11) is 0. The number of carbonyl (C=O) groups excluding carboxylic acids is 1. The van der Waals surface area contributed by atoms with Crippen LogP contribution in [0.1, 0.15) is 5.56 Å². The molecule has 104 valence electrons. The minimum atomic E-state index is -0.862. The Balaban J connectivity index is 2.13. The fourth-order valence-corrected chi connectivity index (χ4v) is 1.60. The van der Waals surface area contributed by atoms with Crippen molar-refractivity contribution < 1.29 is 18.0 Å². The van der Waals surface area contributed by atoms with E-state index < -0.39 is 23.5 Å². The number of halogens is 3. The van der Waals surface area contributed by atoms with E-state index >= 15 is 0 Å². The number of carbonyl (C=O) groups is 1. The Bertz CT molecular complexity index is 603. The Kier molecular flexibility index (Phi) is 3.93. The molecule has 2 rings (SSSR count). The lowest BCUT2D eigenvalue weighted by Gasteiger charge is -2.09. The molecule has 0 aliphatic heterocycles. The number of benzene rings is 2. The highest BCUT2D eigenvalue weighted by Gasteiger charge is 2.10. The van der Waals surface area contributed by atoms with Crippen molar-refractivity contribution in [2.24, 2.45) is 0 Å². The molecule has 2 amide bonds. The van der Waals surface area contributed by atoms with Gasteiger partial charge in [-0.15, -0.1) is 0 Å². The van der Waals surface area contributed by atoms with E-state index in [4.69, 9.17) is 0 Å². The monoisotopic (exact) mass is 280 g/mol. The number of nitrogens with one attached hydrogen (secondary N) is 2. The first-order chi connectivity index (χ1) is 9.45. The Hall–Kier alpha value is -2.50. The van der Waals surface area contributed by atoms with Gasteiger partial charge in [0.15, 0.2) is 0 Å².